The molecule has 0 unspecified atom stereocenters. The molecule has 23 heavy (non-hydrogen) atoms. The second kappa shape index (κ2) is 6.62. The normalized spacial score (nSPS) is 17.5. The molecular weight excluding hydrogens is 314 g/mol. The van der Waals surface area contributed by atoms with Gasteiger partial charge in [-0.25, -0.2) is 0 Å². The molecule has 0 bridgehead atoms. The Morgan fingerprint density at radius 2 is 2.22 bits per heavy atom. The van der Waals surface area contributed by atoms with E-state index >= 15 is 0 Å². The fourth-order valence-corrected chi connectivity index (χ4v) is 3.16. The number of aromatic nitrogens is 2. The molecule has 1 fully saturated rings. The first-order valence-corrected chi connectivity index (χ1v) is 8.09. The number of hydrogen-bond acceptors (Lipinski definition) is 3. The average molecular weight is 334 g/mol. The van der Waals surface area contributed by atoms with E-state index in [9.17, 15) is 4.79 Å². The Bertz CT molecular complexity index is 714. The SMILES string of the molecule is Cc1cc(C)n([C@@H]2CCN(C(=O)COc3cccc(Cl)c3)C2)n1. The predicted octanol–water partition coefficient (Wildman–Crippen LogP) is 3.01. The number of likely N-dealkylation sites (tertiary alicyclic amines) is 1. The van der Waals surface area contributed by atoms with Crippen LogP contribution in [0, 0.1) is 13.8 Å². The molecule has 1 saturated heterocycles. The third kappa shape index (κ3) is 3.67. The van der Waals surface area contributed by atoms with Gasteiger partial charge < -0.3 is 9.64 Å². The Kier molecular flexibility index (Phi) is 4.57. The Hall–Kier alpha value is -2.01. The zero-order valence-electron chi connectivity index (χ0n) is 13.3. The highest BCUT2D eigenvalue weighted by atomic mass is 35.5. The molecule has 0 saturated carbocycles. The van der Waals surface area contributed by atoms with Crippen molar-refractivity contribution >= 4 is 17.5 Å². The highest BCUT2D eigenvalue weighted by Crippen LogP contribution is 2.23. The van der Waals surface area contributed by atoms with Crippen molar-refractivity contribution in [1.82, 2.24) is 14.7 Å². The van der Waals surface area contributed by atoms with Crippen LogP contribution < -0.4 is 4.74 Å². The van der Waals surface area contributed by atoms with Crippen molar-refractivity contribution in [1.29, 1.82) is 0 Å². The quantitative estimate of drug-likeness (QED) is 0.864. The summed E-state index contributed by atoms with van der Waals surface area (Å²) in [4.78, 5) is 14.1. The molecule has 2 heterocycles. The van der Waals surface area contributed by atoms with Crippen LogP contribution in [-0.2, 0) is 4.79 Å². The van der Waals surface area contributed by atoms with Crippen LogP contribution >= 0.6 is 11.6 Å². The van der Waals surface area contributed by atoms with Crippen LogP contribution in [-0.4, -0.2) is 40.3 Å². The van der Waals surface area contributed by atoms with Gasteiger partial charge in [0.2, 0.25) is 0 Å². The lowest BCUT2D eigenvalue weighted by atomic mass is 10.2. The van der Waals surface area contributed by atoms with E-state index in [1.54, 1.807) is 24.3 Å². The van der Waals surface area contributed by atoms with Crippen molar-refractivity contribution in [3.8, 4) is 5.75 Å². The summed E-state index contributed by atoms with van der Waals surface area (Å²) in [6.07, 6.45) is 0.921. The van der Waals surface area contributed by atoms with Crippen molar-refractivity contribution < 1.29 is 9.53 Å². The second-order valence-corrected chi connectivity index (χ2v) is 6.34. The number of carbonyl (C=O) groups excluding carboxylic acids is 1. The van der Waals surface area contributed by atoms with Gasteiger partial charge in [-0.1, -0.05) is 17.7 Å². The Morgan fingerprint density at radius 1 is 1.39 bits per heavy atom. The number of aryl methyl sites for hydroxylation is 2. The fourth-order valence-electron chi connectivity index (χ4n) is 2.98. The lowest BCUT2D eigenvalue weighted by Crippen LogP contribution is -2.33. The molecule has 1 aliphatic heterocycles. The van der Waals surface area contributed by atoms with Gasteiger partial charge >= 0.3 is 0 Å². The first-order valence-electron chi connectivity index (χ1n) is 7.72. The average Bonchev–Trinajstić information content (AvgIpc) is 3.11. The number of nitrogens with zero attached hydrogens (tertiary/aromatic N) is 3. The van der Waals surface area contributed by atoms with Gasteiger partial charge in [0.1, 0.15) is 5.75 Å². The molecular formula is C17H20ClN3O2. The zero-order valence-corrected chi connectivity index (χ0v) is 14.1. The molecule has 1 aromatic heterocycles. The maximum atomic E-state index is 12.3. The number of benzene rings is 1. The lowest BCUT2D eigenvalue weighted by molar-refractivity contribution is -0.132. The zero-order chi connectivity index (χ0) is 16.4. The van der Waals surface area contributed by atoms with Gasteiger partial charge in [0.15, 0.2) is 6.61 Å². The first-order chi connectivity index (χ1) is 11.0. The molecule has 1 atom stereocenters. The molecule has 1 aliphatic rings. The number of ether oxygens (including phenoxy) is 1. The minimum absolute atomic E-state index is 0.00555. The largest absolute Gasteiger partial charge is 0.484 e. The van der Waals surface area contributed by atoms with Gasteiger partial charge in [-0.05, 0) is 44.5 Å². The number of hydrogen-bond donors (Lipinski definition) is 0. The van der Waals surface area contributed by atoms with Crippen LogP contribution in [0.25, 0.3) is 0 Å². The van der Waals surface area contributed by atoms with Gasteiger partial charge in [0.25, 0.3) is 5.91 Å². The maximum absolute atomic E-state index is 12.3. The molecule has 0 spiro atoms. The summed E-state index contributed by atoms with van der Waals surface area (Å²) >= 11 is 5.91. The fraction of sp³-hybridized carbons (Fsp3) is 0.412. The van der Waals surface area contributed by atoms with E-state index in [0.717, 1.165) is 24.4 Å². The standard InChI is InChI=1S/C17H20ClN3O2/c1-12-8-13(2)21(19-12)15-6-7-20(10-15)17(22)11-23-16-5-3-4-14(18)9-16/h3-5,8-9,15H,6-7,10-11H2,1-2H3/t15-/m1/s1. The molecule has 5 nitrogen and oxygen atoms in total. The summed E-state index contributed by atoms with van der Waals surface area (Å²) in [5, 5.41) is 5.12. The Morgan fingerprint density at radius 3 is 2.91 bits per heavy atom. The van der Waals surface area contributed by atoms with Crippen molar-refractivity contribution in [2.75, 3.05) is 19.7 Å². The van der Waals surface area contributed by atoms with Crippen molar-refractivity contribution in [3.05, 3.63) is 46.7 Å². The Balaban J connectivity index is 1.56. The summed E-state index contributed by atoms with van der Waals surface area (Å²) in [7, 11) is 0. The summed E-state index contributed by atoms with van der Waals surface area (Å²) in [5.41, 5.74) is 2.15. The van der Waals surface area contributed by atoms with Crippen molar-refractivity contribution in [2.45, 2.75) is 26.3 Å². The minimum atomic E-state index is -0.00555. The highest BCUT2D eigenvalue weighted by Gasteiger charge is 2.28. The van der Waals surface area contributed by atoms with Crippen molar-refractivity contribution in [2.24, 2.45) is 0 Å². The summed E-state index contributed by atoms with van der Waals surface area (Å²) in [6.45, 7) is 5.48. The van der Waals surface area contributed by atoms with E-state index in [-0.39, 0.29) is 18.6 Å². The van der Waals surface area contributed by atoms with Gasteiger partial charge in [0.05, 0.1) is 11.7 Å². The molecule has 122 valence electrons. The first kappa shape index (κ1) is 15.9. The minimum Gasteiger partial charge on any atom is -0.484 e. The molecule has 3 rings (SSSR count). The maximum Gasteiger partial charge on any atom is 0.260 e. The van der Waals surface area contributed by atoms with E-state index in [1.165, 1.54) is 0 Å². The number of carbonyl (C=O) groups is 1. The highest BCUT2D eigenvalue weighted by molar-refractivity contribution is 6.30. The van der Waals surface area contributed by atoms with E-state index in [1.807, 2.05) is 23.4 Å². The van der Waals surface area contributed by atoms with Crippen LogP contribution in [0.1, 0.15) is 23.9 Å². The number of amides is 1. The smallest absolute Gasteiger partial charge is 0.260 e. The van der Waals surface area contributed by atoms with E-state index in [0.29, 0.717) is 17.3 Å². The third-order valence-corrected chi connectivity index (χ3v) is 4.30. The van der Waals surface area contributed by atoms with Gasteiger partial charge in [0, 0.05) is 23.8 Å². The molecule has 6 heteroatoms. The van der Waals surface area contributed by atoms with Crippen LogP contribution in [0.4, 0.5) is 0 Å². The van der Waals surface area contributed by atoms with Crippen LogP contribution in [0.15, 0.2) is 30.3 Å². The van der Waals surface area contributed by atoms with Gasteiger partial charge in [-0.3, -0.25) is 9.48 Å². The summed E-state index contributed by atoms with van der Waals surface area (Å²) in [6, 6.07) is 9.39. The van der Waals surface area contributed by atoms with E-state index < -0.39 is 0 Å². The van der Waals surface area contributed by atoms with E-state index in [2.05, 4.69) is 11.2 Å². The molecule has 0 radical (unpaired) electrons. The van der Waals surface area contributed by atoms with Crippen molar-refractivity contribution in [3.63, 3.8) is 0 Å². The topological polar surface area (TPSA) is 47.4 Å². The number of halogens is 1. The second-order valence-electron chi connectivity index (χ2n) is 5.90. The molecule has 1 amide bonds. The molecule has 0 N–H and O–H groups in total. The monoisotopic (exact) mass is 333 g/mol. The lowest BCUT2D eigenvalue weighted by Gasteiger charge is -2.17. The van der Waals surface area contributed by atoms with Crippen LogP contribution in [0.5, 0.6) is 5.75 Å². The summed E-state index contributed by atoms with van der Waals surface area (Å²) < 4.78 is 7.56. The van der Waals surface area contributed by atoms with Gasteiger partial charge in [-0.2, -0.15) is 5.10 Å². The van der Waals surface area contributed by atoms with E-state index in [4.69, 9.17) is 16.3 Å². The number of rotatable bonds is 4. The Labute approximate surface area is 140 Å². The molecule has 2 aromatic rings. The summed E-state index contributed by atoms with van der Waals surface area (Å²) in [5.74, 6) is 0.606. The third-order valence-electron chi connectivity index (χ3n) is 4.06. The predicted molar refractivity (Wildman–Crippen MR) is 88.9 cm³/mol. The molecule has 0 aliphatic carbocycles. The van der Waals surface area contributed by atoms with Gasteiger partial charge in [-0.15, -0.1) is 0 Å². The van der Waals surface area contributed by atoms with Crippen LogP contribution in [0.3, 0.4) is 0 Å². The molecule has 1 aromatic carbocycles. The van der Waals surface area contributed by atoms with Crippen LogP contribution in [0.2, 0.25) is 5.02 Å².